The maximum Gasteiger partial charge on any atom is 0.247 e. The molecule has 0 radical (unpaired) electrons. The zero-order valence-electron chi connectivity index (χ0n) is 9.44. The molecule has 1 aromatic carbocycles. The van der Waals surface area contributed by atoms with Crippen molar-refractivity contribution in [1.82, 2.24) is 14.6 Å². The van der Waals surface area contributed by atoms with Gasteiger partial charge in [-0.25, -0.2) is 8.91 Å². The molecule has 2 aromatic heterocycles. The Balaban J connectivity index is 1.96. The van der Waals surface area contributed by atoms with Crippen molar-refractivity contribution in [3.8, 4) is 0 Å². The predicted octanol–water partition coefficient (Wildman–Crippen LogP) is 4.03. The van der Waals surface area contributed by atoms with Gasteiger partial charge in [0, 0.05) is 11.9 Å². The number of hydrogen-bond acceptors (Lipinski definition) is 3. The van der Waals surface area contributed by atoms with Crippen molar-refractivity contribution < 1.29 is 4.39 Å². The predicted molar refractivity (Wildman–Crippen MR) is 75.4 cm³/mol. The lowest BCUT2D eigenvalue weighted by Crippen LogP contribution is -1.93. The van der Waals surface area contributed by atoms with Crippen LogP contribution in [-0.2, 0) is 0 Å². The van der Waals surface area contributed by atoms with E-state index in [0.717, 1.165) is 4.47 Å². The molecule has 0 amide bonds. The molecule has 3 aromatic rings. The minimum absolute atomic E-state index is 0.0509. The summed E-state index contributed by atoms with van der Waals surface area (Å²) < 4.78 is 15.5. The molecule has 4 nitrogen and oxygen atoms in total. The molecule has 19 heavy (non-hydrogen) atoms. The first-order valence-corrected chi connectivity index (χ1v) is 6.53. The molecule has 0 unspecified atom stereocenters. The highest BCUT2D eigenvalue weighted by molar-refractivity contribution is 9.10. The fourth-order valence-corrected chi connectivity index (χ4v) is 2.23. The van der Waals surface area contributed by atoms with Crippen molar-refractivity contribution in [2.45, 2.75) is 0 Å². The Hall–Kier alpha value is -1.66. The molecule has 0 fully saturated rings. The van der Waals surface area contributed by atoms with E-state index < -0.39 is 5.82 Å². The zero-order chi connectivity index (χ0) is 13.4. The third-order valence-electron chi connectivity index (χ3n) is 2.49. The minimum Gasteiger partial charge on any atom is -0.323 e. The average molecular weight is 342 g/mol. The number of fused-ring (bicyclic) bond motifs is 1. The quantitative estimate of drug-likeness (QED) is 0.765. The molecular formula is C12H7BrClFN4. The van der Waals surface area contributed by atoms with Crippen LogP contribution in [0.25, 0.3) is 5.65 Å². The Morgan fingerprint density at radius 2 is 2.16 bits per heavy atom. The number of nitrogens with one attached hydrogen (secondary N) is 1. The monoisotopic (exact) mass is 340 g/mol. The summed E-state index contributed by atoms with van der Waals surface area (Å²) in [5.74, 6) is -0.0486. The lowest BCUT2D eigenvalue weighted by molar-refractivity contribution is 0.628. The van der Waals surface area contributed by atoms with Crippen molar-refractivity contribution in [2.24, 2.45) is 0 Å². The number of nitrogens with zero attached hydrogens (tertiary/aromatic N) is 3. The second-order valence-corrected chi connectivity index (χ2v) is 5.08. The molecular weight excluding hydrogens is 335 g/mol. The fraction of sp³-hybridized carbons (Fsp3) is 0. The number of rotatable bonds is 2. The van der Waals surface area contributed by atoms with Crippen LogP contribution in [0.2, 0.25) is 5.02 Å². The van der Waals surface area contributed by atoms with Gasteiger partial charge in [0.15, 0.2) is 5.65 Å². The Kier molecular flexibility index (Phi) is 3.12. The van der Waals surface area contributed by atoms with E-state index in [1.54, 1.807) is 16.8 Å². The normalized spacial score (nSPS) is 10.9. The van der Waals surface area contributed by atoms with Gasteiger partial charge in [-0.1, -0.05) is 11.6 Å². The number of halogens is 3. The van der Waals surface area contributed by atoms with Crippen molar-refractivity contribution in [3.05, 3.63) is 51.8 Å². The van der Waals surface area contributed by atoms with Gasteiger partial charge in [-0.15, -0.1) is 5.10 Å². The highest BCUT2D eigenvalue weighted by Gasteiger charge is 2.07. The molecule has 0 bridgehead atoms. The summed E-state index contributed by atoms with van der Waals surface area (Å²) in [6.07, 6.45) is 1.79. The SMILES string of the molecule is Fc1ccc(Nc2nc3c(Br)cccn3n2)cc1Cl. The summed E-state index contributed by atoms with van der Waals surface area (Å²) >= 11 is 9.11. The summed E-state index contributed by atoms with van der Waals surface area (Å²) in [7, 11) is 0. The highest BCUT2D eigenvalue weighted by Crippen LogP contribution is 2.23. The van der Waals surface area contributed by atoms with Gasteiger partial charge >= 0.3 is 0 Å². The molecule has 1 N–H and O–H groups in total. The molecule has 96 valence electrons. The molecule has 0 saturated heterocycles. The van der Waals surface area contributed by atoms with Gasteiger partial charge in [0.2, 0.25) is 5.95 Å². The van der Waals surface area contributed by atoms with E-state index in [1.165, 1.54) is 12.1 Å². The highest BCUT2D eigenvalue weighted by atomic mass is 79.9. The Bertz CT molecular complexity index is 759. The molecule has 0 aliphatic heterocycles. The molecule has 2 heterocycles. The van der Waals surface area contributed by atoms with E-state index in [-0.39, 0.29) is 5.02 Å². The molecule has 0 saturated carbocycles. The maximum atomic E-state index is 13.1. The summed E-state index contributed by atoms with van der Waals surface area (Å²) in [6, 6.07) is 8.07. The van der Waals surface area contributed by atoms with Crippen LogP contribution < -0.4 is 5.32 Å². The first-order valence-electron chi connectivity index (χ1n) is 5.36. The van der Waals surface area contributed by atoms with Crippen LogP contribution in [0.4, 0.5) is 16.0 Å². The van der Waals surface area contributed by atoms with Crippen LogP contribution in [0.15, 0.2) is 41.0 Å². The minimum atomic E-state index is -0.460. The lowest BCUT2D eigenvalue weighted by Gasteiger charge is -2.02. The Morgan fingerprint density at radius 1 is 1.32 bits per heavy atom. The standard InChI is InChI=1S/C12H7BrClFN4/c13-8-2-1-5-19-11(8)17-12(18-19)16-7-3-4-10(15)9(14)6-7/h1-6H,(H,16,18). The van der Waals surface area contributed by atoms with Crippen molar-refractivity contribution in [3.63, 3.8) is 0 Å². The van der Waals surface area contributed by atoms with Gasteiger partial charge in [-0.2, -0.15) is 4.98 Å². The van der Waals surface area contributed by atoms with Gasteiger partial charge in [0.25, 0.3) is 0 Å². The van der Waals surface area contributed by atoms with Crippen LogP contribution in [0, 0.1) is 5.82 Å². The smallest absolute Gasteiger partial charge is 0.247 e. The average Bonchev–Trinajstić information content (AvgIpc) is 2.78. The maximum absolute atomic E-state index is 13.1. The third kappa shape index (κ3) is 2.41. The molecule has 0 spiro atoms. The number of aromatic nitrogens is 3. The van der Waals surface area contributed by atoms with Crippen LogP contribution in [0.3, 0.4) is 0 Å². The first-order chi connectivity index (χ1) is 9.13. The number of benzene rings is 1. The van der Waals surface area contributed by atoms with E-state index >= 15 is 0 Å². The van der Waals surface area contributed by atoms with Gasteiger partial charge in [0.05, 0.1) is 9.50 Å². The van der Waals surface area contributed by atoms with E-state index in [4.69, 9.17) is 11.6 Å². The molecule has 3 rings (SSSR count). The van der Waals surface area contributed by atoms with E-state index in [9.17, 15) is 4.39 Å². The van der Waals surface area contributed by atoms with Gasteiger partial charge in [-0.3, -0.25) is 0 Å². The zero-order valence-corrected chi connectivity index (χ0v) is 11.8. The Labute approximate surface area is 121 Å². The largest absolute Gasteiger partial charge is 0.323 e. The molecule has 0 atom stereocenters. The van der Waals surface area contributed by atoms with E-state index in [2.05, 4.69) is 31.3 Å². The first kappa shape index (κ1) is 12.4. The number of hydrogen-bond donors (Lipinski definition) is 1. The molecule has 0 aliphatic rings. The molecule has 0 aliphatic carbocycles. The van der Waals surface area contributed by atoms with Gasteiger partial charge < -0.3 is 5.32 Å². The number of anilines is 2. The van der Waals surface area contributed by atoms with E-state index in [0.29, 0.717) is 17.3 Å². The van der Waals surface area contributed by atoms with Crippen molar-refractivity contribution in [2.75, 3.05) is 5.32 Å². The molecule has 7 heteroatoms. The van der Waals surface area contributed by atoms with Crippen molar-refractivity contribution >= 4 is 44.8 Å². The van der Waals surface area contributed by atoms with Gasteiger partial charge in [-0.05, 0) is 46.3 Å². The number of pyridine rings is 1. The topological polar surface area (TPSA) is 42.2 Å². The summed E-state index contributed by atoms with van der Waals surface area (Å²) in [4.78, 5) is 4.32. The summed E-state index contributed by atoms with van der Waals surface area (Å²) in [6.45, 7) is 0. The van der Waals surface area contributed by atoms with Crippen LogP contribution >= 0.6 is 27.5 Å². The summed E-state index contributed by atoms with van der Waals surface area (Å²) in [5, 5.41) is 7.27. The van der Waals surface area contributed by atoms with E-state index in [1.807, 2.05) is 12.1 Å². The van der Waals surface area contributed by atoms with Crippen LogP contribution in [-0.4, -0.2) is 14.6 Å². The fourth-order valence-electron chi connectivity index (χ4n) is 1.63. The van der Waals surface area contributed by atoms with Gasteiger partial charge in [0.1, 0.15) is 5.82 Å². The van der Waals surface area contributed by atoms with Crippen molar-refractivity contribution in [1.29, 1.82) is 0 Å². The summed E-state index contributed by atoms with van der Waals surface area (Å²) in [5.41, 5.74) is 1.32. The third-order valence-corrected chi connectivity index (χ3v) is 3.40. The second-order valence-electron chi connectivity index (χ2n) is 3.81. The Morgan fingerprint density at radius 3 is 2.89 bits per heavy atom. The van der Waals surface area contributed by atoms with Crippen LogP contribution in [0.5, 0.6) is 0 Å². The lowest BCUT2D eigenvalue weighted by atomic mass is 10.3. The second kappa shape index (κ2) is 4.79. The van der Waals surface area contributed by atoms with Crippen LogP contribution in [0.1, 0.15) is 0 Å².